The zero-order chi connectivity index (χ0) is 24.8. The van der Waals surface area contributed by atoms with Crippen molar-refractivity contribution >= 4 is 17.7 Å². The van der Waals surface area contributed by atoms with Crippen molar-refractivity contribution in [3.8, 4) is 11.5 Å². The van der Waals surface area contributed by atoms with Crippen LogP contribution in [0.25, 0.3) is 0 Å². The number of carbonyl (C=O) groups is 1. The van der Waals surface area contributed by atoms with Crippen molar-refractivity contribution in [1.29, 1.82) is 0 Å². The Bertz CT molecular complexity index is 1110. The van der Waals surface area contributed by atoms with Crippen molar-refractivity contribution in [2.24, 2.45) is 0 Å². The summed E-state index contributed by atoms with van der Waals surface area (Å²) in [6.45, 7) is 7.12. The monoisotopic (exact) mass is 493 g/mol. The minimum atomic E-state index is -0.542. The van der Waals surface area contributed by atoms with Crippen LogP contribution in [-0.2, 0) is 16.1 Å². The van der Waals surface area contributed by atoms with E-state index in [4.69, 9.17) is 25.8 Å². The van der Waals surface area contributed by atoms with Crippen molar-refractivity contribution in [3.63, 3.8) is 0 Å². The first-order valence-corrected chi connectivity index (χ1v) is 12.3. The van der Waals surface area contributed by atoms with E-state index in [1.807, 2.05) is 99.6 Å². The summed E-state index contributed by atoms with van der Waals surface area (Å²) >= 11 is 6.11. The van der Waals surface area contributed by atoms with Crippen LogP contribution in [0.5, 0.6) is 11.5 Å². The van der Waals surface area contributed by atoms with E-state index < -0.39 is 5.60 Å². The maximum absolute atomic E-state index is 12.8. The molecule has 3 aromatic rings. The van der Waals surface area contributed by atoms with Gasteiger partial charge in [0.2, 0.25) is 0 Å². The summed E-state index contributed by atoms with van der Waals surface area (Å²) in [5.74, 6) is 1.69. The lowest BCUT2D eigenvalue weighted by Gasteiger charge is -2.39. The van der Waals surface area contributed by atoms with Crippen LogP contribution in [-0.4, -0.2) is 35.8 Å². The molecular weight excluding hydrogens is 462 g/mol. The Morgan fingerprint density at radius 3 is 2.40 bits per heavy atom. The summed E-state index contributed by atoms with van der Waals surface area (Å²) in [4.78, 5) is 14.5. The fourth-order valence-electron chi connectivity index (χ4n) is 4.20. The van der Waals surface area contributed by atoms with Gasteiger partial charge in [0, 0.05) is 17.5 Å². The van der Waals surface area contributed by atoms with Gasteiger partial charge in [-0.2, -0.15) is 0 Å². The Morgan fingerprint density at radius 1 is 0.971 bits per heavy atom. The number of hydrogen-bond acceptors (Lipinski definition) is 4. The van der Waals surface area contributed by atoms with Crippen molar-refractivity contribution in [1.82, 2.24) is 4.90 Å². The first kappa shape index (κ1) is 25.1. The SMILES string of the molecule is CC(C)(C)OC(=O)N1CCC(c2ccc(Cl)cc2)C(OCc2cccc(Oc3ccccc3)c2)C1. The number of halogens is 1. The Kier molecular flexibility index (Phi) is 7.99. The number of carbonyl (C=O) groups excluding carboxylic acids is 1. The normalized spacial score (nSPS) is 18.2. The largest absolute Gasteiger partial charge is 0.457 e. The zero-order valence-electron chi connectivity index (χ0n) is 20.4. The summed E-state index contributed by atoms with van der Waals surface area (Å²) in [5, 5.41) is 0.702. The Morgan fingerprint density at radius 2 is 1.69 bits per heavy atom. The van der Waals surface area contributed by atoms with Gasteiger partial charge in [0.1, 0.15) is 17.1 Å². The predicted octanol–water partition coefficient (Wildman–Crippen LogP) is 7.44. The molecule has 0 spiro atoms. The topological polar surface area (TPSA) is 48.0 Å². The van der Waals surface area contributed by atoms with Crippen LogP contribution in [0.4, 0.5) is 4.79 Å². The van der Waals surface area contributed by atoms with Crippen LogP contribution in [0, 0.1) is 0 Å². The van der Waals surface area contributed by atoms with Gasteiger partial charge in [0.25, 0.3) is 0 Å². The average molecular weight is 494 g/mol. The third-order valence-corrected chi connectivity index (χ3v) is 6.10. The molecule has 1 saturated heterocycles. The van der Waals surface area contributed by atoms with E-state index in [0.29, 0.717) is 24.7 Å². The molecule has 0 N–H and O–H groups in total. The molecule has 5 nitrogen and oxygen atoms in total. The highest BCUT2D eigenvalue weighted by Crippen LogP contribution is 2.33. The summed E-state index contributed by atoms with van der Waals surface area (Å²) in [5.41, 5.74) is 1.62. The number of benzene rings is 3. The van der Waals surface area contributed by atoms with E-state index >= 15 is 0 Å². The molecule has 2 unspecified atom stereocenters. The first-order chi connectivity index (χ1) is 16.8. The second kappa shape index (κ2) is 11.1. The average Bonchev–Trinajstić information content (AvgIpc) is 2.83. The van der Waals surface area contributed by atoms with Crippen molar-refractivity contribution in [2.45, 2.75) is 51.4 Å². The summed E-state index contributed by atoms with van der Waals surface area (Å²) in [7, 11) is 0. The van der Waals surface area contributed by atoms with Crippen LogP contribution in [0.1, 0.15) is 44.2 Å². The number of likely N-dealkylation sites (tertiary alicyclic amines) is 1. The summed E-state index contributed by atoms with van der Waals surface area (Å²) in [6.07, 6.45) is 0.290. The number of para-hydroxylation sites is 1. The molecule has 4 rings (SSSR count). The standard InChI is InChI=1S/C29H32ClNO4/c1-29(2,3)35-28(32)31-17-16-26(22-12-14-23(30)15-13-22)27(19-31)33-20-21-8-7-11-25(18-21)34-24-9-5-4-6-10-24/h4-15,18,26-27H,16-17,19-20H2,1-3H3. The zero-order valence-corrected chi connectivity index (χ0v) is 21.2. The third-order valence-electron chi connectivity index (χ3n) is 5.85. The number of amides is 1. The molecular formula is C29H32ClNO4. The van der Waals surface area contributed by atoms with E-state index in [-0.39, 0.29) is 18.1 Å². The molecule has 0 saturated carbocycles. The molecule has 184 valence electrons. The van der Waals surface area contributed by atoms with Crippen molar-refractivity contribution in [2.75, 3.05) is 13.1 Å². The highest BCUT2D eigenvalue weighted by molar-refractivity contribution is 6.30. The van der Waals surface area contributed by atoms with E-state index in [1.165, 1.54) is 0 Å². The predicted molar refractivity (Wildman–Crippen MR) is 138 cm³/mol. The van der Waals surface area contributed by atoms with Gasteiger partial charge in [-0.1, -0.05) is 54.1 Å². The molecule has 1 fully saturated rings. The number of nitrogens with zero attached hydrogens (tertiary/aromatic N) is 1. The van der Waals surface area contributed by atoms with E-state index in [0.717, 1.165) is 29.0 Å². The van der Waals surface area contributed by atoms with Gasteiger partial charge in [-0.3, -0.25) is 0 Å². The second-order valence-electron chi connectivity index (χ2n) is 9.79. The van der Waals surface area contributed by atoms with Crippen LogP contribution < -0.4 is 4.74 Å². The van der Waals surface area contributed by atoms with Gasteiger partial charge in [-0.15, -0.1) is 0 Å². The van der Waals surface area contributed by atoms with E-state index in [9.17, 15) is 4.79 Å². The maximum Gasteiger partial charge on any atom is 0.410 e. The molecule has 6 heteroatoms. The Labute approximate surface area is 212 Å². The van der Waals surface area contributed by atoms with Crippen LogP contribution in [0.15, 0.2) is 78.9 Å². The van der Waals surface area contributed by atoms with E-state index in [2.05, 4.69) is 0 Å². The highest BCUT2D eigenvalue weighted by atomic mass is 35.5. The van der Waals surface area contributed by atoms with Gasteiger partial charge in [-0.25, -0.2) is 4.79 Å². The Hall–Kier alpha value is -3.02. The molecule has 0 bridgehead atoms. The number of ether oxygens (including phenoxy) is 3. The van der Waals surface area contributed by atoms with Gasteiger partial charge >= 0.3 is 6.09 Å². The number of piperidine rings is 1. The third kappa shape index (κ3) is 7.23. The molecule has 0 aliphatic carbocycles. The van der Waals surface area contributed by atoms with E-state index in [1.54, 1.807) is 4.90 Å². The summed E-state index contributed by atoms with van der Waals surface area (Å²) < 4.78 is 18.0. The smallest absolute Gasteiger partial charge is 0.410 e. The Balaban J connectivity index is 1.47. The van der Waals surface area contributed by atoms with Gasteiger partial charge < -0.3 is 19.1 Å². The molecule has 1 aliphatic rings. The van der Waals surface area contributed by atoms with Gasteiger partial charge in [-0.05, 0) is 74.7 Å². The fourth-order valence-corrected chi connectivity index (χ4v) is 4.32. The minimum Gasteiger partial charge on any atom is -0.457 e. The molecule has 2 atom stereocenters. The highest BCUT2D eigenvalue weighted by Gasteiger charge is 2.35. The maximum atomic E-state index is 12.8. The summed E-state index contributed by atoms with van der Waals surface area (Å²) in [6, 6.07) is 25.5. The lowest BCUT2D eigenvalue weighted by atomic mass is 9.87. The van der Waals surface area contributed by atoms with Crippen LogP contribution in [0.3, 0.4) is 0 Å². The van der Waals surface area contributed by atoms with Crippen LogP contribution in [0.2, 0.25) is 5.02 Å². The molecule has 3 aromatic carbocycles. The molecule has 0 aromatic heterocycles. The van der Waals surface area contributed by atoms with Crippen molar-refractivity contribution < 1.29 is 19.0 Å². The lowest BCUT2D eigenvalue weighted by molar-refractivity contribution is -0.0359. The van der Waals surface area contributed by atoms with Crippen LogP contribution >= 0.6 is 11.6 Å². The minimum absolute atomic E-state index is 0.148. The quantitative estimate of drug-likeness (QED) is 0.358. The van der Waals surface area contributed by atoms with Gasteiger partial charge in [0.05, 0.1) is 19.3 Å². The molecule has 1 aliphatic heterocycles. The number of rotatable bonds is 6. The van der Waals surface area contributed by atoms with Crippen molar-refractivity contribution in [3.05, 3.63) is 95.0 Å². The second-order valence-corrected chi connectivity index (χ2v) is 10.2. The molecule has 1 heterocycles. The molecule has 1 amide bonds. The first-order valence-electron chi connectivity index (χ1n) is 11.9. The molecule has 0 radical (unpaired) electrons. The van der Waals surface area contributed by atoms with Gasteiger partial charge in [0.15, 0.2) is 0 Å². The lowest BCUT2D eigenvalue weighted by Crippen LogP contribution is -2.48. The fraction of sp³-hybridized carbons (Fsp3) is 0.345. The number of hydrogen-bond donors (Lipinski definition) is 0. The molecule has 35 heavy (non-hydrogen) atoms.